The molecular weight excluding hydrogens is 222 g/mol. The van der Waals surface area contributed by atoms with Crippen LogP contribution >= 0.6 is 0 Å². The molecule has 1 aliphatic carbocycles. The van der Waals surface area contributed by atoms with Gasteiger partial charge in [0.25, 0.3) is 0 Å². The highest BCUT2D eigenvalue weighted by atomic mass is 14.9. The van der Waals surface area contributed by atoms with Gasteiger partial charge < -0.3 is 5.32 Å². The molecule has 0 amide bonds. The molecule has 0 aliphatic heterocycles. The van der Waals surface area contributed by atoms with Gasteiger partial charge in [-0.3, -0.25) is 4.98 Å². The maximum absolute atomic E-state index is 9.19. The zero-order valence-electron chi connectivity index (χ0n) is 10.4. The second kappa shape index (κ2) is 3.99. The van der Waals surface area contributed by atoms with E-state index >= 15 is 0 Å². The molecule has 1 aromatic carbocycles. The summed E-state index contributed by atoms with van der Waals surface area (Å²) in [5, 5.41) is 13.7. The Hall–Kier alpha value is -2.08. The molecule has 0 spiro atoms. The minimum atomic E-state index is 0.414. The van der Waals surface area contributed by atoms with E-state index in [2.05, 4.69) is 23.3 Å². The van der Waals surface area contributed by atoms with Crippen LogP contribution in [0.25, 0.3) is 10.9 Å². The van der Waals surface area contributed by atoms with Gasteiger partial charge >= 0.3 is 0 Å². The van der Waals surface area contributed by atoms with Gasteiger partial charge in [-0.15, -0.1) is 0 Å². The molecule has 2 aromatic rings. The molecule has 3 rings (SSSR count). The Morgan fingerprint density at radius 2 is 2.17 bits per heavy atom. The normalized spacial score (nSPS) is 16.2. The minimum absolute atomic E-state index is 0.414. The number of para-hydroxylation sites is 1. The standard InChI is InChI=1S/C15H15N3/c1-15(6-7-15)10-18-14-11(8-16)9-17-13-5-3-2-4-12(13)14/h2-5,9H,6-7,10H2,1H3,(H,17,18). The monoisotopic (exact) mass is 237 g/mol. The summed E-state index contributed by atoms with van der Waals surface area (Å²) < 4.78 is 0. The van der Waals surface area contributed by atoms with E-state index in [1.54, 1.807) is 6.20 Å². The molecule has 1 fully saturated rings. The minimum Gasteiger partial charge on any atom is -0.383 e. The maximum Gasteiger partial charge on any atom is 0.103 e. The predicted octanol–water partition coefficient (Wildman–Crippen LogP) is 3.32. The van der Waals surface area contributed by atoms with Crippen molar-refractivity contribution >= 4 is 16.6 Å². The summed E-state index contributed by atoms with van der Waals surface area (Å²) >= 11 is 0. The van der Waals surface area contributed by atoms with E-state index < -0.39 is 0 Å². The van der Waals surface area contributed by atoms with Crippen molar-refractivity contribution in [2.45, 2.75) is 19.8 Å². The van der Waals surface area contributed by atoms with Crippen molar-refractivity contribution in [3.63, 3.8) is 0 Å². The van der Waals surface area contributed by atoms with Gasteiger partial charge in [0.1, 0.15) is 6.07 Å². The smallest absolute Gasteiger partial charge is 0.103 e. The van der Waals surface area contributed by atoms with Gasteiger partial charge in [-0.2, -0.15) is 5.26 Å². The lowest BCUT2D eigenvalue weighted by Crippen LogP contribution is -2.13. The van der Waals surface area contributed by atoms with Crippen LogP contribution in [0.3, 0.4) is 0 Å². The Balaban J connectivity index is 2.03. The van der Waals surface area contributed by atoms with E-state index in [0.29, 0.717) is 11.0 Å². The predicted molar refractivity (Wildman–Crippen MR) is 72.3 cm³/mol. The molecule has 1 saturated carbocycles. The topological polar surface area (TPSA) is 48.7 Å². The molecule has 0 radical (unpaired) electrons. The average molecular weight is 237 g/mol. The third kappa shape index (κ3) is 1.91. The molecule has 0 unspecified atom stereocenters. The lowest BCUT2D eigenvalue weighted by molar-refractivity contribution is 0.611. The van der Waals surface area contributed by atoms with Crippen molar-refractivity contribution in [1.29, 1.82) is 5.26 Å². The molecular formula is C15H15N3. The van der Waals surface area contributed by atoms with Gasteiger partial charge in [-0.25, -0.2) is 0 Å². The van der Waals surface area contributed by atoms with E-state index in [-0.39, 0.29) is 0 Å². The molecule has 1 aliphatic rings. The van der Waals surface area contributed by atoms with E-state index in [4.69, 9.17) is 0 Å². The third-order valence-corrected chi connectivity index (χ3v) is 3.69. The Labute approximate surface area is 106 Å². The molecule has 90 valence electrons. The van der Waals surface area contributed by atoms with Crippen LogP contribution in [0.4, 0.5) is 5.69 Å². The number of nitrogens with one attached hydrogen (secondary N) is 1. The number of fused-ring (bicyclic) bond motifs is 1. The van der Waals surface area contributed by atoms with Gasteiger partial charge in [0.05, 0.1) is 16.8 Å². The lowest BCUT2D eigenvalue weighted by Gasteiger charge is -2.14. The van der Waals surface area contributed by atoms with Crippen LogP contribution in [0.5, 0.6) is 0 Å². The summed E-state index contributed by atoms with van der Waals surface area (Å²) in [6.07, 6.45) is 4.19. The van der Waals surface area contributed by atoms with Crippen LogP contribution in [0, 0.1) is 16.7 Å². The highest BCUT2D eigenvalue weighted by molar-refractivity contribution is 5.93. The molecule has 0 atom stereocenters. The van der Waals surface area contributed by atoms with Crippen molar-refractivity contribution in [1.82, 2.24) is 4.98 Å². The second-order valence-electron chi connectivity index (χ2n) is 5.34. The third-order valence-electron chi connectivity index (χ3n) is 3.69. The fourth-order valence-corrected chi connectivity index (χ4v) is 2.11. The van der Waals surface area contributed by atoms with Gasteiger partial charge in [0.15, 0.2) is 0 Å². The van der Waals surface area contributed by atoms with E-state index in [1.165, 1.54) is 12.8 Å². The summed E-state index contributed by atoms with van der Waals surface area (Å²) in [5.74, 6) is 0. The van der Waals surface area contributed by atoms with Crippen LogP contribution in [-0.4, -0.2) is 11.5 Å². The molecule has 0 bridgehead atoms. The summed E-state index contributed by atoms with van der Waals surface area (Å²) in [4.78, 5) is 4.31. The van der Waals surface area contributed by atoms with Crippen molar-refractivity contribution in [2.24, 2.45) is 5.41 Å². The first-order valence-corrected chi connectivity index (χ1v) is 6.24. The molecule has 1 N–H and O–H groups in total. The average Bonchev–Trinajstić information content (AvgIpc) is 3.14. The fraction of sp³-hybridized carbons (Fsp3) is 0.333. The van der Waals surface area contributed by atoms with Crippen LogP contribution < -0.4 is 5.32 Å². The van der Waals surface area contributed by atoms with Crippen molar-refractivity contribution in [3.05, 3.63) is 36.0 Å². The molecule has 1 aromatic heterocycles. The van der Waals surface area contributed by atoms with Crippen molar-refractivity contribution < 1.29 is 0 Å². The highest BCUT2D eigenvalue weighted by Crippen LogP contribution is 2.45. The summed E-state index contributed by atoms with van der Waals surface area (Å²) in [7, 11) is 0. The number of rotatable bonds is 3. The first kappa shape index (κ1) is 11.0. The van der Waals surface area contributed by atoms with Crippen LogP contribution in [0.2, 0.25) is 0 Å². The lowest BCUT2D eigenvalue weighted by atomic mass is 10.1. The quantitative estimate of drug-likeness (QED) is 0.890. The van der Waals surface area contributed by atoms with E-state index in [9.17, 15) is 5.26 Å². The number of aromatic nitrogens is 1. The molecule has 3 nitrogen and oxygen atoms in total. The summed E-state index contributed by atoms with van der Waals surface area (Å²) in [5.41, 5.74) is 2.89. The van der Waals surface area contributed by atoms with Gasteiger partial charge in [0.2, 0.25) is 0 Å². The largest absolute Gasteiger partial charge is 0.383 e. The van der Waals surface area contributed by atoms with Gasteiger partial charge in [-0.1, -0.05) is 25.1 Å². The number of anilines is 1. The number of hydrogen-bond acceptors (Lipinski definition) is 3. The van der Waals surface area contributed by atoms with Crippen LogP contribution in [0.15, 0.2) is 30.5 Å². The zero-order valence-corrected chi connectivity index (χ0v) is 10.4. The van der Waals surface area contributed by atoms with Gasteiger partial charge in [0, 0.05) is 18.1 Å². The molecule has 1 heterocycles. The van der Waals surface area contributed by atoms with Crippen LogP contribution in [0.1, 0.15) is 25.3 Å². The number of hydrogen-bond donors (Lipinski definition) is 1. The number of nitriles is 1. The Morgan fingerprint density at radius 3 is 2.89 bits per heavy atom. The van der Waals surface area contributed by atoms with E-state index in [0.717, 1.165) is 23.1 Å². The Morgan fingerprint density at radius 1 is 1.39 bits per heavy atom. The number of pyridine rings is 1. The van der Waals surface area contributed by atoms with Crippen molar-refractivity contribution in [3.8, 4) is 6.07 Å². The van der Waals surface area contributed by atoms with Gasteiger partial charge in [-0.05, 0) is 24.3 Å². The summed E-state index contributed by atoms with van der Waals surface area (Å²) in [6.45, 7) is 3.20. The Bertz CT molecular complexity index is 636. The first-order chi connectivity index (χ1) is 8.72. The van der Waals surface area contributed by atoms with Crippen LogP contribution in [-0.2, 0) is 0 Å². The fourth-order valence-electron chi connectivity index (χ4n) is 2.11. The Kier molecular flexibility index (Phi) is 2.45. The first-order valence-electron chi connectivity index (χ1n) is 6.24. The summed E-state index contributed by atoms with van der Waals surface area (Å²) in [6, 6.07) is 10.2. The maximum atomic E-state index is 9.19. The number of nitrogens with zero attached hydrogens (tertiary/aromatic N) is 2. The SMILES string of the molecule is CC1(CNc2c(C#N)cnc3ccccc23)CC1. The second-order valence-corrected chi connectivity index (χ2v) is 5.34. The van der Waals surface area contributed by atoms with Crippen molar-refractivity contribution in [2.75, 3.05) is 11.9 Å². The highest BCUT2D eigenvalue weighted by Gasteiger charge is 2.37. The molecule has 0 saturated heterocycles. The zero-order chi connectivity index (χ0) is 12.6. The number of benzene rings is 1. The molecule has 18 heavy (non-hydrogen) atoms. The molecule has 3 heteroatoms. The van der Waals surface area contributed by atoms with E-state index in [1.807, 2.05) is 24.3 Å².